The van der Waals surface area contributed by atoms with Crippen molar-refractivity contribution in [2.45, 2.75) is 88.6 Å². The molecule has 0 bridgehead atoms. The quantitative estimate of drug-likeness (QED) is 0.0149. The highest BCUT2D eigenvalue weighted by Crippen LogP contribution is 2.39. The van der Waals surface area contributed by atoms with Crippen LogP contribution in [-0.2, 0) is 64.3 Å². The van der Waals surface area contributed by atoms with Crippen molar-refractivity contribution in [2.24, 2.45) is 9.98 Å². The van der Waals surface area contributed by atoms with E-state index in [0.29, 0.717) is 55.9 Å². The number of amidine groups is 2. The first-order valence-electron chi connectivity index (χ1n) is 32.6. The number of amides is 3. The van der Waals surface area contributed by atoms with Gasteiger partial charge in [0.25, 0.3) is 17.7 Å². The molecule has 0 unspecified atom stereocenters. The summed E-state index contributed by atoms with van der Waals surface area (Å²) in [5, 5.41) is 35.1. The van der Waals surface area contributed by atoms with E-state index in [1.807, 2.05) is 0 Å². The zero-order chi connectivity index (χ0) is 74.2. The van der Waals surface area contributed by atoms with Crippen LogP contribution in [0.4, 0.5) is 26.3 Å². The Morgan fingerprint density at radius 1 is 0.604 bits per heavy atom. The Morgan fingerprint density at radius 3 is 1.44 bits per heavy atom. The van der Waals surface area contributed by atoms with Gasteiger partial charge < -0.3 is 55.1 Å². The van der Waals surface area contributed by atoms with Gasteiger partial charge in [0.05, 0.1) is 81.1 Å². The smallest absolute Gasteiger partial charge is 0.416 e. The molecule has 4 aliphatic rings. The summed E-state index contributed by atoms with van der Waals surface area (Å²) in [6.07, 6.45) is -1.36. The van der Waals surface area contributed by atoms with Gasteiger partial charge in [-0.05, 0) is 148 Å². The van der Waals surface area contributed by atoms with Gasteiger partial charge >= 0.3 is 18.3 Å². The van der Waals surface area contributed by atoms with E-state index in [1.165, 1.54) is 37.8 Å². The molecule has 4 heterocycles. The molecule has 2 saturated heterocycles. The minimum Gasteiger partial charge on any atom is -0.493 e. The molecule has 2 spiro atoms. The van der Waals surface area contributed by atoms with E-state index in [0.717, 1.165) is 41.9 Å². The number of hydrogen-bond donors (Lipinski definition) is 6. The fourth-order valence-electron chi connectivity index (χ4n) is 11.2. The van der Waals surface area contributed by atoms with Gasteiger partial charge in [0, 0.05) is 69.0 Å². The summed E-state index contributed by atoms with van der Waals surface area (Å²) in [7, 11) is -7.45. The van der Waals surface area contributed by atoms with Crippen molar-refractivity contribution in [1.29, 1.82) is 0 Å². The van der Waals surface area contributed by atoms with Crippen LogP contribution in [0.1, 0.15) is 104 Å². The summed E-state index contributed by atoms with van der Waals surface area (Å²) in [5.41, 5.74) is -1.02. The van der Waals surface area contributed by atoms with Crippen LogP contribution in [-0.4, -0.2) is 209 Å². The molecule has 552 valence electrons. The third-order valence-corrected chi connectivity index (χ3v) is 20.6. The number of alkyl halides is 6. The minimum atomic E-state index is -4.66. The van der Waals surface area contributed by atoms with Gasteiger partial charge in [-0.25, -0.2) is 30.2 Å². The molecule has 4 aromatic rings. The molecule has 0 aromatic heterocycles. The van der Waals surface area contributed by atoms with Crippen LogP contribution in [0.3, 0.4) is 0 Å². The Hall–Kier alpha value is -8.14. The van der Waals surface area contributed by atoms with Gasteiger partial charge in [-0.3, -0.25) is 24.4 Å². The number of carboxylic acids is 1. The number of nitrogens with one attached hydrogen (secondary N) is 3. The SMILES string of the molecule is C=CCCOc1cc(C2=NC3(CCN(S(=O)(=O)CCc4ccc(C(=O)N(CCO)CCOCC=C)cc4C)CC3)C(=O)N2)cc(C(F)(F)F)c1.C=CCCOc1cc(C2=NC3(CCN(S(=O)(=O)CCc4ccc(C(=O)O)cc4C)CC3)C(=O)N2)cc(C(F)(F)F)c1.C=CCOCCNCCO. The van der Waals surface area contributed by atoms with E-state index < -0.39 is 72.4 Å². The lowest BCUT2D eigenvalue weighted by atomic mass is 9.89. The van der Waals surface area contributed by atoms with Crippen molar-refractivity contribution in [3.05, 3.63) is 179 Å². The van der Waals surface area contributed by atoms with Crippen LogP contribution < -0.4 is 25.4 Å². The summed E-state index contributed by atoms with van der Waals surface area (Å²) in [4.78, 5) is 60.8. The summed E-state index contributed by atoms with van der Waals surface area (Å²) < 4.78 is 158. The monoisotopic (exact) mass is 1460 g/mol. The van der Waals surface area contributed by atoms with Crippen molar-refractivity contribution in [2.75, 3.05) is 117 Å². The third kappa shape index (κ3) is 23.4. The number of hydrogen-bond acceptors (Lipinski definition) is 17. The van der Waals surface area contributed by atoms with Crippen LogP contribution in [0.15, 0.2) is 133 Å². The molecular weight excluding hydrogens is 1370 g/mol. The number of nitrogens with zero attached hydrogens (tertiary/aromatic N) is 5. The van der Waals surface area contributed by atoms with Gasteiger partial charge in [-0.2, -0.15) is 26.3 Å². The highest BCUT2D eigenvalue weighted by molar-refractivity contribution is 7.89. The molecule has 8 rings (SSSR count). The predicted octanol–water partition coefficient (Wildman–Crippen LogP) is 7.61. The molecule has 4 aliphatic heterocycles. The second-order valence-corrected chi connectivity index (χ2v) is 28.1. The van der Waals surface area contributed by atoms with Crippen molar-refractivity contribution in [1.82, 2.24) is 29.5 Å². The average Bonchev–Trinajstić information content (AvgIpc) is 1.64. The second kappa shape index (κ2) is 37.7. The number of benzene rings is 4. The number of aliphatic imine (C=N–C) groups is 2. The maximum absolute atomic E-state index is 13.7. The molecule has 31 heteroatoms. The largest absolute Gasteiger partial charge is 0.493 e. The highest BCUT2D eigenvalue weighted by Gasteiger charge is 2.49. The molecule has 2 fully saturated rings. The fourth-order valence-corrected chi connectivity index (χ4v) is 14.1. The summed E-state index contributed by atoms with van der Waals surface area (Å²) >= 11 is 0. The zero-order valence-corrected chi connectivity index (χ0v) is 58.1. The van der Waals surface area contributed by atoms with Gasteiger partial charge in [0.2, 0.25) is 20.0 Å². The molecule has 0 atom stereocenters. The predicted molar refractivity (Wildman–Crippen MR) is 369 cm³/mol. The van der Waals surface area contributed by atoms with Crippen molar-refractivity contribution >= 4 is 55.4 Å². The topological polar surface area (TPSA) is 305 Å². The Kier molecular flexibility index (Phi) is 30.5. The number of carboxylic acid groups (broad SMARTS) is 1. The minimum absolute atomic E-state index is 0.00860. The van der Waals surface area contributed by atoms with Gasteiger partial charge in [-0.15, -0.1) is 26.3 Å². The fraction of sp³-hybridized carbons (Fsp3) is 0.457. The molecule has 23 nitrogen and oxygen atoms in total. The third-order valence-electron chi connectivity index (χ3n) is 16.8. The van der Waals surface area contributed by atoms with Crippen LogP contribution in [0, 0.1) is 13.8 Å². The number of sulfonamides is 2. The molecule has 4 aromatic carbocycles. The maximum Gasteiger partial charge on any atom is 0.416 e. The second-order valence-electron chi connectivity index (χ2n) is 24.0. The Balaban J connectivity index is 0.000000283. The summed E-state index contributed by atoms with van der Waals surface area (Å²) in [5.74, 6) is -2.84. The number of aliphatic hydroxyl groups excluding tert-OH is 2. The first kappa shape index (κ1) is 81.8. The van der Waals surface area contributed by atoms with E-state index in [4.69, 9.17) is 29.2 Å². The van der Waals surface area contributed by atoms with Crippen LogP contribution >= 0.6 is 0 Å². The first-order chi connectivity index (χ1) is 47.9. The Morgan fingerprint density at radius 2 is 1.04 bits per heavy atom. The standard InChI is InChI=1S/C35H43F3N4O7S.C28H30F3N3O6S.C7H15NO2/c1-4-6-18-49-30-23-28(22-29(24-30)35(36,37)38)31-39-33(45)34(40-31)10-12-42(13-11-34)50(46,47)20-9-26-7-8-27(21-25(26)3)32(44)41(14-16-43)15-19-48-17-5-2;1-3-4-12-40-23-16-21(15-22(17-23)28(29,30)31)24-32-26(37)27(33-24)8-10-34(11-9-27)41(38,39)13-7-19-5-6-20(25(35)36)14-18(19)2;1-2-6-10-7-4-8-3-5-9/h4-5,7-8,21-24,43H,1-2,6,9-20H2,3H3,(H,39,40,45);3,5-6,14-17H,1,4,7-13H2,2H3,(H,35,36)(H,32,33,37);2,8-9H,1,3-7H2. The Bertz CT molecular complexity index is 3870. The van der Waals surface area contributed by atoms with E-state index in [1.54, 1.807) is 62.4 Å². The van der Waals surface area contributed by atoms with E-state index in [-0.39, 0.29) is 168 Å². The molecule has 6 N–H and O–H groups in total. The number of carbonyl (C=O) groups is 4. The number of rotatable bonds is 34. The molecule has 0 aliphatic carbocycles. The van der Waals surface area contributed by atoms with Gasteiger partial charge in [0.15, 0.2) is 0 Å². The lowest BCUT2D eigenvalue weighted by Crippen LogP contribution is -2.50. The van der Waals surface area contributed by atoms with Crippen molar-refractivity contribution < 1.29 is 96.6 Å². The summed E-state index contributed by atoms with van der Waals surface area (Å²) in [6.45, 7) is 21.8. The highest BCUT2D eigenvalue weighted by atomic mass is 32.2. The number of aromatic carboxylic acids is 1. The maximum atomic E-state index is 13.7. The molecule has 0 saturated carbocycles. The van der Waals surface area contributed by atoms with E-state index in [2.05, 4.69) is 52.3 Å². The van der Waals surface area contributed by atoms with Crippen molar-refractivity contribution in [3.8, 4) is 11.5 Å². The summed E-state index contributed by atoms with van der Waals surface area (Å²) in [6, 6.07) is 15.9. The normalized spacial score (nSPS) is 16.0. The lowest BCUT2D eigenvalue weighted by molar-refractivity contribution is -0.138. The van der Waals surface area contributed by atoms with Crippen LogP contribution in [0.5, 0.6) is 11.5 Å². The number of carbonyl (C=O) groups excluding carboxylic acids is 3. The van der Waals surface area contributed by atoms with Crippen molar-refractivity contribution in [3.63, 3.8) is 0 Å². The number of aliphatic hydroxyl groups is 2. The van der Waals surface area contributed by atoms with Gasteiger partial charge in [0.1, 0.15) is 34.2 Å². The number of ether oxygens (including phenoxy) is 4. The zero-order valence-electron chi connectivity index (χ0n) is 56.5. The average molecular weight is 1460 g/mol. The first-order valence-corrected chi connectivity index (χ1v) is 35.8. The number of piperidine rings is 2. The Labute approximate surface area is 584 Å². The number of aryl methyl sites for hydroxylation is 4. The van der Waals surface area contributed by atoms with Crippen LogP contribution in [0.2, 0.25) is 0 Å². The molecule has 101 heavy (non-hydrogen) atoms. The lowest BCUT2D eigenvalue weighted by Gasteiger charge is -2.34. The van der Waals surface area contributed by atoms with Gasteiger partial charge in [-0.1, -0.05) is 36.4 Å². The van der Waals surface area contributed by atoms with E-state index >= 15 is 0 Å². The molecule has 0 radical (unpaired) electrons. The molecular formula is C70H88F6N8O15S2. The molecule has 3 amide bonds. The van der Waals surface area contributed by atoms with E-state index in [9.17, 15) is 67.5 Å². The number of halogens is 6. The van der Waals surface area contributed by atoms with Crippen LogP contribution in [0.25, 0.3) is 0 Å².